The lowest BCUT2D eigenvalue weighted by atomic mass is 10.0. The molecule has 1 aliphatic rings. The van der Waals surface area contributed by atoms with Crippen molar-refractivity contribution < 1.29 is 21.7 Å². The number of nitriles is 1. The Bertz CT molecular complexity index is 1080. The van der Waals surface area contributed by atoms with Crippen LogP contribution in [0.3, 0.4) is 0 Å². The van der Waals surface area contributed by atoms with Gasteiger partial charge in [-0.25, -0.2) is 4.21 Å². The van der Waals surface area contributed by atoms with Gasteiger partial charge >= 0.3 is 6.18 Å². The molecule has 1 aliphatic heterocycles. The van der Waals surface area contributed by atoms with E-state index in [-0.39, 0.29) is 4.90 Å². The summed E-state index contributed by atoms with van der Waals surface area (Å²) >= 11 is -0.883. The van der Waals surface area contributed by atoms with Gasteiger partial charge in [-0.1, -0.05) is 41.2 Å². The first-order chi connectivity index (χ1) is 13.8. The summed E-state index contributed by atoms with van der Waals surface area (Å²) in [5.41, 5.74) is 1.40. The minimum absolute atomic E-state index is 0.0581. The first-order valence-electron chi connectivity index (χ1n) is 8.20. The maximum Gasteiger partial charge on any atom is 0.416 e. The van der Waals surface area contributed by atoms with E-state index in [1.54, 1.807) is 12.2 Å². The fourth-order valence-electron chi connectivity index (χ4n) is 2.48. The zero-order chi connectivity index (χ0) is 21.0. The van der Waals surface area contributed by atoms with Crippen LogP contribution in [0.25, 0.3) is 5.57 Å². The largest absolute Gasteiger partial charge is 0.416 e. The molecule has 0 radical (unpaired) electrons. The summed E-state index contributed by atoms with van der Waals surface area (Å²) in [4.78, 5) is 0.729. The van der Waals surface area contributed by atoms with E-state index >= 15 is 0 Å². The average Bonchev–Trinajstić information content (AvgIpc) is 3.16. The number of rotatable bonds is 4. The highest BCUT2D eigenvalue weighted by atomic mass is 32.2. The normalized spacial score (nSPS) is 17.8. The molecule has 0 saturated carbocycles. The molecular weight excluding hydrogens is 421 g/mol. The SMILES string of the molecule is Cc1ccccc1/C(C#N)=C1C=C/C(=N\OS(=O)c2ccc(C(F)(F)F)cc2)S\1. The van der Waals surface area contributed by atoms with Crippen LogP contribution < -0.4 is 0 Å². The van der Waals surface area contributed by atoms with E-state index in [1.807, 2.05) is 31.2 Å². The average molecular weight is 434 g/mol. The zero-order valence-corrected chi connectivity index (χ0v) is 16.6. The second kappa shape index (κ2) is 8.68. The Morgan fingerprint density at radius 3 is 2.45 bits per heavy atom. The molecule has 148 valence electrons. The maximum atomic E-state index is 12.6. The number of thioether (sulfide) groups is 1. The van der Waals surface area contributed by atoms with Crippen molar-refractivity contribution >= 4 is 33.5 Å². The number of alkyl halides is 3. The number of oxime groups is 1. The van der Waals surface area contributed by atoms with E-state index in [1.165, 1.54) is 11.8 Å². The highest BCUT2D eigenvalue weighted by molar-refractivity contribution is 8.18. The minimum Gasteiger partial charge on any atom is -0.286 e. The topological polar surface area (TPSA) is 62.4 Å². The van der Waals surface area contributed by atoms with Gasteiger partial charge in [-0.3, -0.25) is 4.28 Å². The van der Waals surface area contributed by atoms with Gasteiger partial charge in [0.2, 0.25) is 0 Å². The number of hydrogen-bond acceptors (Lipinski definition) is 5. The molecule has 0 aromatic heterocycles. The van der Waals surface area contributed by atoms with Crippen LogP contribution in [0.4, 0.5) is 13.2 Å². The minimum atomic E-state index is -4.47. The van der Waals surface area contributed by atoms with Crippen LogP contribution in [-0.2, 0) is 21.5 Å². The van der Waals surface area contributed by atoms with E-state index in [4.69, 9.17) is 4.28 Å². The molecule has 3 rings (SSSR count). The Morgan fingerprint density at radius 1 is 1.14 bits per heavy atom. The van der Waals surface area contributed by atoms with Crippen LogP contribution in [-0.4, -0.2) is 9.25 Å². The molecule has 9 heteroatoms. The fraction of sp³-hybridized carbons (Fsp3) is 0.100. The Hall–Kier alpha value is -2.83. The van der Waals surface area contributed by atoms with Gasteiger partial charge in [0, 0.05) is 4.91 Å². The molecule has 2 aromatic carbocycles. The number of halogens is 3. The third kappa shape index (κ3) is 4.96. The molecular formula is C20H13F3N2O2S2. The molecule has 0 amide bonds. The predicted molar refractivity (Wildman–Crippen MR) is 107 cm³/mol. The van der Waals surface area contributed by atoms with E-state index in [0.29, 0.717) is 15.5 Å². The summed E-state index contributed by atoms with van der Waals surface area (Å²) in [7, 11) is 0. The van der Waals surface area contributed by atoms with Gasteiger partial charge in [-0.15, -0.1) is 0 Å². The standard InChI is InChI=1S/C20H13F3N2O2S2/c1-13-4-2-3-5-16(13)17(12-24)18-10-11-19(28-18)25-27-29(26)15-8-6-14(7-9-15)20(21,22)23/h2-11H,1H3/b18-17+,25-19+. The van der Waals surface area contributed by atoms with Gasteiger partial charge in [0.15, 0.2) is 0 Å². The number of nitrogens with zero attached hydrogens (tertiary/aromatic N) is 2. The quantitative estimate of drug-likeness (QED) is 0.464. The van der Waals surface area contributed by atoms with E-state index in [9.17, 15) is 22.6 Å². The lowest BCUT2D eigenvalue weighted by Gasteiger charge is -2.07. The fourth-order valence-corrected chi connectivity index (χ4v) is 3.95. The molecule has 0 saturated heterocycles. The second-order valence-corrected chi connectivity index (χ2v) is 8.01. The molecule has 29 heavy (non-hydrogen) atoms. The van der Waals surface area contributed by atoms with E-state index in [0.717, 1.165) is 35.4 Å². The number of hydrogen-bond donors (Lipinski definition) is 0. The summed E-state index contributed by atoms with van der Waals surface area (Å²) in [6, 6.07) is 13.5. The van der Waals surface area contributed by atoms with Gasteiger partial charge in [0.1, 0.15) is 11.1 Å². The maximum absolute atomic E-state index is 12.6. The summed E-state index contributed by atoms with van der Waals surface area (Å²) in [6.07, 6.45) is -1.15. The number of benzene rings is 2. The van der Waals surface area contributed by atoms with Crippen molar-refractivity contribution in [3.63, 3.8) is 0 Å². The van der Waals surface area contributed by atoms with E-state index < -0.39 is 22.8 Å². The van der Waals surface area contributed by atoms with Crippen LogP contribution in [0.15, 0.2) is 75.6 Å². The lowest BCUT2D eigenvalue weighted by Crippen LogP contribution is -2.05. The summed E-state index contributed by atoms with van der Waals surface area (Å²) in [6.45, 7) is 1.90. The van der Waals surface area contributed by atoms with Crippen molar-refractivity contribution in [1.29, 1.82) is 5.26 Å². The first-order valence-corrected chi connectivity index (χ1v) is 10.1. The summed E-state index contributed by atoms with van der Waals surface area (Å²) < 4.78 is 54.8. The molecule has 1 heterocycles. The molecule has 4 nitrogen and oxygen atoms in total. The van der Waals surface area contributed by atoms with Crippen LogP contribution in [0.1, 0.15) is 16.7 Å². The van der Waals surface area contributed by atoms with Gasteiger partial charge in [0.25, 0.3) is 11.1 Å². The van der Waals surface area contributed by atoms with E-state index in [2.05, 4.69) is 11.2 Å². The van der Waals surface area contributed by atoms with Gasteiger partial charge in [0.05, 0.1) is 16.0 Å². The van der Waals surface area contributed by atoms with Crippen molar-refractivity contribution in [2.24, 2.45) is 5.16 Å². The summed E-state index contributed by atoms with van der Waals surface area (Å²) in [5, 5.41) is 13.7. The Balaban J connectivity index is 1.72. The van der Waals surface area contributed by atoms with Crippen LogP contribution in [0.5, 0.6) is 0 Å². The van der Waals surface area contributed by atoms with Crippen molar-refractivity contribution in [3.05, 3.63) is 82.3 Å². The van der Waals surface area contributed by atoms with Gasteiger partial charge in [-0.2, -0.15) is 18.4 Å². The molecule has 1 unspecified atom stereocenters. The number of aryl methyl sites for hydroxylation is 1. The van der Waals surface area contributed by atoms with Crippen LogP contribution in [0.2, 0.25) is 0 Å². The molecule has 2 aromatic rings. The monoisotopic (exact) mass is 434 g/mol. The zero-order valence-electron chi connectivity index (χ0n) is 14.9. The molecule has 0 fully saturated rings. The van der Waals surface area contributed by atoms with Crippen LogP contribution in [0, 0.1) is 18.3 Å². The lowest BCUT2D eigenvalue weighted by molar-refractivity contribution is -0.137. The molecule has 0 aliphatic carbocycles. The molecule has 1 atom stereocenters. The smallest absolute Gasteiger partial charge is 0.286 e. The second-order valence-electron chi connectivity index (χ2n) is 5.86. The Kier molecular flexibility index (Phi) is 6.25. The predicted octanol–water partition coefficient (Wildman–Crippen LogP) is 5.60. The van der Waals surface area contributed by atoms with Crippen molar-refractivity contribution in [2.45, 2.75) is 18.0 Å². The Morgan fingerprint density at radius 2 is 1.83 bits per heavy atom. The van der Waals surface area contributed by atoms with Gasteiger partial charge in [-0.05, 0) is 54.5 Å². The summed E-state index contributed by atoms with van der Waals surface area (Å²) in [5.74, 6) is 0. The Labute approximate surface area is 172 Å². The third-order valence-corrected chi connectivity index (χ3v) is 5.78. The first kappa shape index (κ1) is 20.9. The molecule has 0 spiro atoms. The van der Waals surface area contributed by atoms with Crippen LogP contribution >= 0.6 is 11.8 Å². The molecule has 0 N–H and O–H groups in total. The number of allylic oxidation sites excluding steroid dienone is 2. The molecule has 0 bridgehead atoms. The van der Waals surface area contributed by atoms with Gasteiger partial charge < -0.3 is 0 Å². The highest BCUT2D eigenvalue weighted by Crippen LogP contribution is 2.35. The third-order valence-electron chi connectivity index (χ3n) is 3.93. The van der Waals surface area contributed by atoms with Crippen molar-refractivity contribution in [1.82, 2.24) is 0 Å². The highest BCUT2D eigenvalue weighted by Gasteiger charge is 2.30. The van der Waals surface area contributed by atoms with Crippen molar-refractivity contribution in [3.8, 4) is 6.07 Å². The van der Waals surface area contributed by atoms with Crippen molar-refractivity contribution in [2.75, 3.05) is 0 Å².